The van der Waals surface area contributed by atoms with Crippen LogP contribution in [0.2, 0.25) is 0 Å². The van der Waals surface area contributed by atoms with Gasteiger partial charge >= 0.3 is 6.01 Å². The molecule has 47 heavy (non-hydrogen) atoms. The summed E-state index contributed by atoms with van der Waals surface area (Å²) in [5.41, 5.74) is 8.01. The SMILES string of the molecule is COC1CN(CC2(COc3nc(N4C5CCC4CNC5)c4c5c(c(-c6ncc(F)c7sc(N)c(C#N)c67)c(F)c4n3)COC5)CC2)C1. The van der Waals surface area contributed by atoms with Crippen molar-refractivity contribution in [2.45, 2.75) is 57.1 Å². The lowest BCUT2D eigenvalue weighted by Gasteiger charge is -2.40. The molecule has 0 radical (unpaired) electrons. The normalized spacial score (nSPS) is 23.3. The van der Waals surface area contributed by atoms with Gasteiger partial charge in [-0.15, -0.1) is 11.3 Å². The van der Waals surface area contributed by atoms with Crippen LogP contribution in [0.5, 0.6) is 6.01 Å². The molecule has 2 bridgehead atoms. The van der Waals surface area contributed by atoms with Gasteiger partial charge in [-0.25, -0.2) is 8.78 Å². The third-order valence-electron chi connectivity index (χ3n) is 10.7. The zero-order valence-electron chi connectivity index (χ0n) is 25.9. The van der Waals surface area contributed by atoms with Crippen molar-refractivity contribution in [2.75, 3.05) is 57.1 Å². The van der Waals surface area contributed by atoms with E-state index in [2.05, 4.69) is 26.2 Å². The molecule has 5 aliphatic rings. The smallest absolute Gasteiger partial charge is 0.319 e. The molecule has 1 saturated carbocycles. The van der Waals surface area contributed by atoms with Gasteiger partial charge in [0.2, 0.25) is 0 Å². The fourth-order valence-corrected chi connectivity index (χ4v) is 8.94. The second-order valence-electron chi connectivity index (χ2n) is 13.6. The van der Waals surface area contributed by atoms with Crippen LogP contribution in [0.1, 0.15) is 42.4 Å². The zero-order valence-corrected chi connectivity index (χ0v) is 26.8. The number of likely N-dealkylation sites (tertiary alicyclic amines) is 1. The second-order valence-corrected chi connectivity index (χ2v) is 14.6. The van der Waals surface area contributed by atoms with E-state index < -0.39 is 11.6 Å². The van der Waals surface area contributed by atoms with Gasteiger partial charge in [0.1, 0.15) is 22.4 Å². The summed E-state index contributed by atoms with van der Waals surface area (Å²) in [6.07, 6.45) is 5.44. The minimum atomic E-state index is -0.623. The summed E-state index contributed by atoms with van der Waals surface area (Å²) in [6.45, 7) is 5.17. The van der Waals surface area contributed by atoms with Crippen LogP contribution < -0.4 is 20.7 Å². The van der Waals surface area contributed by atoms with Gasteiger partial charge in [0.25, 0.3) is 0 Å². The lowest BCUT2D eigenvalue weighted by atomic mass is 9.93. The molecule has 3 aromatic heterocycles. The number of fused-ring (bicyclic) bond motifs is 6. The highest BCUT2D eigenvalue weighted by molar-refractivity contribution is 7.23. The van der Waals surface area contributed by atoms with Crippen LogP contribution in [-0.4, -0.2) is 84.5 Å². The summed E-state index contributed by atoms with van der Waals surface area (Å²) >= 11 is 0.956. The number of aromatic nitrogens is 3. The van der Waals surface area contributed by atoms with Crippen LogP contribution in [-0.2, 0) is 22.7 Å². The molecule has 3 N–H and O–H groups in total. The first-order chi connectivity index (χ1) is 22.9. The monoisotopic (exact) mass is 660 g/mol. The van der Waals surface area contributed by atoms with Crippen molar-refractivity contribution < 1.29 is 23.0 Å². The summed E-state index contributed by atoms with van der Waals surface area (Å²) in [5, 5.41) is 14.4. The summed E-state index contributed by atoms with van der Waals surface area (Å²) in [5.74, 6) is -0.575. The van der Waals surface area contributed by atoms with Gasteiger partial charge in [0.05, 0.1) is 53.5 Å². The van der Waals surface area contributed by atoms with E-state index in [0.29, 0.717) is 23.4 Å². The number of thiophene rings is 1. The van der Waals surface area contributed by atoms with Crippen LogP contribution >= 0.6 is 11.3 Å². The van der Waals surface area contributed by atoms with Crippen molar-refractivity contribution >= 4 is 43.1 Å². The molecule has 3 saturated heterocycles. The highest BCUT2D eigenvalue weighted by Gasteiger charge is 2.47. The van der Waals surface area contributed by atoms with E-state index in [1.165, 1.54) is 0 Å². The van der Waals surface area contributed by atoms with Crippen molar-refractivity contribution in [2.24, 2.45) is 5.41 Å². The molecule has 9 rings (SSSR count). The van der Waals surface area contributed by atoms with Crippen LogP contribution in [0.3, 0.4) is 0 Å². The number of hydrogen-bond donors (Lipinski definition) is 2. The van der Waals surface area contributed by atoms with E-state index >= 15 is 4.39 Å². The Kier molecular flexibility index (Phi) is 6.82. The maximum atomic E-state index is 17.3. The Morgan fingerprint density at radius 3 is 2.64 bits per heavy atom. The molecule has 14 heteroatoms. The Balaban J connectivity index is 1.20. The van der Waals surface area contributed by atoms with Gasteiger partial charge in [0, 0.05) is 68.3 Å². The Bertz CT molecular complexity index is 1970. The maximum Gasteiger partial charge on any atom is 0.319 e. The largest absolute Gasteiger partial charge is 0.463 e. The van der Waals surface area contributed by atoms with Gasteiger partial charge in [-0.3, -0.25) is 9.88 Å². The number of piperazine rings is 1. The molecule has 4 fully saturated rings. The average molecular weight is 661 g/mol. The molecular formula is C33H34F2N8O3S. The number of nitriles is 1. The number of anilines is 2. The summed E-state index contributed by atoms with van der Waals surface area (Å²) in [4.78, 5) is 18.9. The lowest BCUT2D eigenvalue weighted by Crippen LogP contribution is -2.54. The van der Waals surface area contributed by atoms with E-state index in [4.69, 9.17) is 29.9 Å². The highest BCUT2D eigenvalue weighted by atomic mass is 32.1. The first-order valence-electron chi connectivity index (χ1n) is 16.1. The summed E-state index contributed by atoms with van der Waals surface area (Å²) in [7, 11) is 1.75. The lowest BCUT2D eigenvalue weighted by molar-refractivity contribution is -0.0410. The number of halogens is 2. The number of nitrogens with two attached hydrogens (primary N) is 1. The van der Waals surface area contributed by atoms with Crippen LogP contribution in [0.4, 0.5) is 19.6 Å². The minimum absolute atomic E-state index is 0.0109. The maximum absolute atomic E-state index is 17.3. The number of methoxy groups -OCH3 is 1. The zero-order chi connectivity index (χ0) is 32.0. The van der Waals surface area contributed by atoms with Crippen molar-refractivity contribution in [3.8, 4) is 23.3 Å². The van der Waals surface area contributed by atoms with Gasteiger partial charge in [-0.2, -0.15) is 15.2 Å². The Hall–Kier alpha value is -3.74. The quantitative estimate of drug-likeness (QED) is 0.283. The molecule has 2 atom stereocenters. The fraction of sp³-hybridized carbons (Fsp3) is 0.515. The first kappa shape index (κ1) is 29.4. The van der Waals surface area contributed by atoms with Crippen LogP contribution in [0.15, 0.2) is 6.20 Å². The number of pyridine rings is 1. The number of benzene rings is 1. The van der Waals surface area contributed by atoms with Gasteiger partial charge in [0.15, 0.2) is 11.6 Å². The molecule has 1 aliphatic carbocycles. The number of ether oxygens (including phenoxy) is 3. The third kappa shape index (κ3) is 4.58. The molecule has 0 spiro atoms. The average Bonchev–Trinajstić information content (AvgIpc) is 3.36. The first-order valence-corrected chi connectivity index (χ1v) is 17.0. The molecule has 11 nitrogen and oxygen atoms in total. The van der Waals surface area contributed by atoms with Crippen molar-refractivity contribution in [1.82, 2.24) is 25.2 Å². The van der Waals surface area contributed by atoms with E-state index in [1.54, 1.807) is 7.11 Å². The minimum Gasteiger partial charge on any atom is -0.463 e. The summed E-state index contributed by atoms with van der Waals surface area (Å²) in [6, 6.07) is 2.63. The number of nitrogens with zero attached hydrogens (tertiary/aromatic N) is 6. The summed E-state index contributed by atoms with van der Waals surface area (Å²) < 4.78 is 50.2. The van der Waals surface area contributed by atoms with Crippen molar-refractivity contribution in [1.29, 1.82) is 5.26 Å². The Morgan fingerprint density at radius 1 is 1.15 bits per heavy atom. The third-order valence-corrected chi connectivity index (χ3v) is 11.7. The molecule has 4 aromatic rings. The highest BCUT2D eigenvalue weighted by Crippen LogP contribution is 2.49. The molecule has 2 unspecified atom stereocenters. The van der Waals surface area contributed by atoms with Crippen molar-refractivity contribution in [3.63, 3.8) is 0 Å². The molecule has 0 amide bonds. The topological polar surface area (TPSA) is 135 Å². The predicted molar refractivity (Wildman–Crippen MR) is 172 cm³/mol. The molecular weight excluding hydrogens is 626 g/mol. The number of nitrogen functional groups attached to an aromatic ring is 1. The Morgan fingerprint density at radius 2 is 1.91 bits per heavy atom. The molecule has 7 heterocycles. The number of rotatable bonds is 8. The van der Waals surface area contributed by atoms with E-state index in [1.807, 2.05) is 0 Å². The molecule has 1 aromatic carbocycles. The van der Waals surface area contributed by atoms with Gasteiger partial charge < -0.3 is 30.2 Å². The van der Waals surface area contributed by atoms with E-state index in [0.717, 1.165) is 81.5 Å². The van der Waals surface area contributed by atoms with Crippen LogP contribution in [0.25, 0.3) is 32.2 Å². The van der Waals surface area contributed by atoms with Crippen LogP contribution in [0, 0.1) is 28.4 Å². The Labute approximate surface area is 273 Å². The number of nitrogens with one attached hydrogen (secondary N) is 1. The predicted octanol–water partition coefficient (Wildman–Crippen LogP) is 4.10. The van der Waals surface area contributed by atoms with E-state index in [9.17, 15) is 9.65 Å². The molecule has 244 valence electrons. The van der Waals surface area contributed by atoms with Gasteiger partial charge in [-0.05, 0) is 36.8 Å². The van der Waals surface area contributed by atoms with Gasteiger partial charge in [-0.1, -0.05) is 0 Å². The number of hydrogen-bond acceptors (Lipinski definition) is 12. The second kappa shape index (κ2) is 10.9. The van der Waals surface area contributed by atoms with Crippen molar-refractivity contribution in [3.05, 3.63) is 34.5 Å². The molecule has 4 aliphatic heterocycles. The fourth-order valence-electron chi connectivity index (χ4n) is 8.02. The van der Waals surface area contributed by atoms with E-state index in [-0.39, 0.29) is 80.3 Å². The standard InChI is InChI=1S/C33H34F2N8O3S/c1-44-18-10-42(11-18)14-33(4-5-33)15-46-32-40-28-25(31(41-32)43-16-2-3-17(43)8-38-7-16)21-13-45-12-20(21)23(26(28)35)27-24-19(6-36)30(37)47-29(24)22(34)9-39-27/h9,16-18,38H,2-5,7-8,10-15,37H2,1H3.